The monoisotopic (exact) mass is 309 g/mol. The molecule has 0 radical (unpaired) electrons. The van der Waals surface area contributed by atoms with Crippen LogP contribution in [-0.4, -0.2) is 11.1 Å². The zero-order chi connectivity index (χ0) is 15.4. The van der Waals surface area contributed by atoms with Crippen molar-refractivity contribution < 1.29 is 9.21 Å². The maximum Gasteiger partial charge on any atom is 0.264 e. The van der Waals surface area contributed by atoms with Gasteiger partial charge in [0.1, 0.15) is 5.76 Å². The van der Waals surface area contributed by atoms with Gasteiger partial charge in [-0.15, -0.1) is 0 Å². The predicted molar refractivity (Wildman–Crippen MR) is 84.7 cm³/mol. The summed E-state index contributed by atoms with van der Waals surface area (Å²) < 4.78 is 5.19. The van der Waals surface area contributed by atoms with Gasteiger partial charge < -0.3 is 9.73 Å². The maximum atomic E-state index is 11.9. The first-order valence-electron chi connectivity index (χ1n) is 6.52. The summed E-state index contributed by atoms with van der Waals surface area (Å²) in [6.07, 6.45) is 3.36. The van der Waals surface area contributed by atoms with Crippen LogP contribution in [0.1, 0.15) is 16.9 Å². The number of amides is 1. The van der Waals surface area contributed by atoms with E-state index in [9.17, 15) is 4.79 Å². The van der Waals surface area contributed by atoms with Gasteiger partial charge in [-0.05, 0) is 47.7 Å². The van der Waals surface area contributed by atoms with Crippen LogP contribution in [0.3, 0.4) is 0 Å². The van der Waals surface area contributed by atoms with Gasteiger partial charge in [0, 0.05) is 0 Å². The second-order valence-electron chi connectivity index (χ2n) is 4.50. The van der Waals surface area contributed by atoms with Crippen molar-refractivity contribution in [2.75, 3.05) is 0 Å². The Labute approximate surface area is 131 Å². The molecule has 6 heteroatoms. The molecule has 0 atom stereocenters. The molecule has 0 aliphatic carbocycles. The Morgan fingerprint density at radius 2 is 2.14 bits per heavy atom. The highest BCUT2D eigenvalue weighted by atomic mass is 32.2. The van der Waals surface area contributed by atoms with Gasteiger partial charge in [0.25, 0.3) is 5.91 Å². The lowest BCUT2D eigenvalue weighted by Crippen LogP contribution is -2.19. The fraction of sp³-hybridized carbons (Fsp3) is 0.0625. The molecular weight excluding hydrogens is 298 g/mol. The number of carbonyl (C=O) groups is 1. The Balaban J connectivity index is 1.72. The van der Waals surface area contributed by atoms with Crippen LogP contribution in [0.25, 0.3) is 6.08 Å². The average molecular weight is 309 g/mol. The van der Waals surface area contributed by atoms with E-state index in [1.54, 1.807) is 42.7 Å². The van der Waals surface area contributed by atoms with E-state index >= 15 is 0 Å². The number of thioether (sulfide) groups is 1. The summed E-state index contributed by atoms with van der Waals surface area (Å²) in [6, 6.07) is 12.7. The fourth-order valence-electron chi connectivity index (χ4n) is 1.86. The molecule has 1 aliphatic rings. The number of carbonyl (C=O) groups excluding carboxylic acids is 1. The summed E-state index contributed by atoms with van der Waals surface area (Å²) in [6.45, 7) is 0.389. The minimum atomic E-state index is -0.174. The third kappa shape index (κ3) is 3.27. The van der Waals surface area contributed by atoms with Crippen molar-refractivity contribution in [3.63, 3.8) is 0 Å². The summed E-state index contributed by atoms with van der Waals surface area (Å²) in [5.74, 6) is 0.569. The number of hydrogen-bond donors (Lipinski definition) is 1. The third-order valence-corrected chi connectivity index (χ3v) is 3.89. The first-order valence-corrected chi connectivity index (χ1v) is 7.34. The molecule has 0 unspecified atom stereocenters. The van der Waals surface area contributed by atoms with Crippen LogP contribution in [-0.2, 0) is 11.3 Å². The van der Waals surface area contributed by atoms with Gasteiger partial charge in [-0.2, -0.15) is 5.26 Å². The van der Waals surface area contributed by atoms with Crippen LogP contribution in [0, 0.1) is 11.3 Å². The van der Waals surface area contributed by atoms with Crippen LogP contribution in [0.5, 0.6) is 0 Å². The zero-order valence-electron chi connectivity index (χ0n) is 11.4. The number of amidine groups is 1. The van der Waals surface area contributed by atoms with Gasteiger partial charge >= 0.3 is 0 Å². The lowest BCUT2D eigenvalue weighted by Gasteiger charge is -1.95. The summed E-state index contributed by atoms with van der Waals surface area (Å²) in [5.41, 5.74) is 1.45. The number of aliphatic imine (C=N–C) groups is 1. The molecule has 1 aromatic heterocycles. The van der Waals surface area contributed by atoms with Crippen LogP contribution in [0.15, 0.2) is 57.0 Å². The molecular formula is C16H11N3O2S. The second kappa shape index (κ2) is 6.33. The van der Waals surface area contributed by atoms with Crippen molar-refractivity contribution in [3.8, 4) is 6.07 Å². The molecule has 108 valence electrons. The topological polar surface area (TPSA) is 78.4 Å². The van der Waals surface area contributed by atoms with Crippen LogP contribution >= 0.6 is 11.8 Å². The molecule has 1 aromatic carbocycles. The number of benzene rings is 1. The van der Waals surface area contributed by atoms with Crippen molar-refractivity contribution in [2.45, 2.75) is 6.54 Å². The molecule has 0 bridgehead atoms. The summed E-state index contributed by atoms with van der Waals surface area (Å²) in [4.78, 5) is 16.8. The van der Waals surface area contributed by atoms with Gasteiger partial charge in [-0.3, -0.25) is 9.79 Å². The van der Waals surface area contributed by atoms with E-state index in [1.165, 1.54) is 11.8 Å². The highest BCUT2D eigenvalue weighted by molar-refractivity contribution is 8.18. The number of hydrogen-bond acceptors (Lipinski definition) is 5. The highest BCUT2D eigenvalue weighted by Gasteiger charge is 2.23. The Morgan fingerprint density at radius 1 is 1.32 bits per heavy atom. The van der Waals surface area contributed by atoms with E-state index in [2.05, 4.69) is 16.4 Å². The number of furan rings is 1. The van der Waals surface area contributed by atoms with Crippen molar-refractivity contribution >= 4 is 28.9 Å². The fourth-order valence-corrected chi connectivity index (χ4v) is 2.68. The van der Waals surface area contributed by atoms with Crippen LogP contribution in [0.4, 0.5) is 0 Å². The van der Waals surface area contributed by atoms with Crippen molar-refractivity contribution in [1.29, 1.82) is 5.26 Å². The largest absolute Gasteiger partial charge is 0.467 e. The molecule has 0 spiro atoms. The van der Waals surface area contributed by atoms with Crippen molar-refractivity contribution in [2.24, 2.45) is 4.99 Å². The van der Waals surface area contributed by atoms with Gasteiger partial charge in [0.05, 0.1) is 29.3 Å². The summed E-state index contributed by atoms with van der Waals surface area (Å²) in [5, 5.41) is 12.0. The predicted octanol–water partition coefficient (Wildman–Crippen LogP) is 2.91. The number of nitriles is 1. The summed E-state index contributed by atoms with van der Waals surface area (Å²) in [7, 11) is 0. The molecule has 2 heterocycles. The molecule has 1 fully saturated rings. The molecule has 5 nitrogen and oxygen atoms in total. The van der Waals surface area contributed by atoms with Gasteiger partial charge in [-0.1, -0.05) is 12.1 Å². The van der Waals surface area contributed by atoms with E-state index in [0.717, 1.165) is 11.3 Å². The lowest BCUT2D eigenvalue weighted by atomic mass is 10.1. The molecule has 1 amide bonds. The molecule has 2 aromatic rings. The Hall–Kier alpha value is -2.78. The maximum absolute atomic E-state index is 11.9. The minimum absolute atomic E-state index is 0.174. The first-order chi connectivity index (χ1) is 10.7. The zero-order valence-corrected chi connectivity index (χ0v) is 12.3. The standard InChI is InChI=1S/C16H11N3O2S/c17-9-12-5-3-11(4-6-12)8-14-15(20)19-16(22-14)18-10-13-2-1-7-21-13/h1-8H,10H2,(H,18,19,20)/b14-8-. The van der Waals surface area contributed by atoms with Gasteiger partial charge in [-0.25, -0.2) is 0 Å². The van der Waals surface area contributed by atoms with E-state index in [1.807, 2.05) is 6.07 Å². The average Bonchev–Trinajstić information content (AvgIpc) is 3.16. The van der Waals surface area contributed by atoms with E-state index in [4.69, 9.17) is 9.68 Å². The third-order valence-electron chi connectivity index (χ3n) is 2.95. The van der Waals surface area contributed by atoms with E-state index in [0.29, 0.717) is 22.2 Å². The van der Waals surface area contributed by atoms with E-state index in [-0.39, 0.29) is 5.91 Å². The second-order valence-corrected chi connectivity index (χ2v) is 5.53. The first kappa shape index (κ1) is 14.2. The van der Waals surface area contributed by atoms with Crippen LogP contribution in [0.2, 0.25) is 0 Å². The van der Waals surface area contributed by atoms with Crippen molar-refractivity contribution in [1.82, 2.24) is 5.32 Å². The Bertz CT molecular complexity index is 784. The molecule has 3 rings (SSSR count). The SMILES string of the molecule is N#Cc1ccc(/C=C2\SC(=NCc3ccco3)NC2=O)cc1. The normalized spacial score (nSPS) is 17.7. The van der Waals surface area contributed by atoms with Gasteiger partial charge in [0.2, 0.25) is 0 Å². The van der Waals surface area contributed by atoms with Gasteiger partial charge in [0.15, 0.2) is 5.17 Å². The molecule has 22 heavy (non-hydrogen) atoms. The quantitative estimate of drug-likeness (QED) is 0.884. The van der Waals surface area contributed by atoms with Crippen LogP contribution < -0.4 is 5.32 Å². The molecule has 1 saturated heterocycles. The number of nitrogens with one attached hydrogen (secondary N) is 1. The smallest absolute Gasteiger partial charge is 0.264 e. The summed E-state index contributed by atoms with van der Waals surface area (Å²) >= 11 is 1.29. The highest BCUT2D eigenvalue weighted by Crippen LogP contribution is 2.26. The lowest BCUT2D eigenvalue weighted by molar-refractivity contribution is -0.115. The molecule has 1 N–H and O–H groups in total. The minimum Gasteiger partial charge on any atom is -0.467 e. The molecule has 0 saturated carbocycles. The number of nitrogens with zero attached hydrogens (tertiary/aromatic N) is 2. The van der Waals surface area contributed by atoms with E-state index < -0.39 is 0 Å². The Morgan fingerprint density at radius 3 is 2.82 bits per heavy atom. The Kier molecular flexibility index (Phi) is 4.08. The molecule has 1 aliphatic heterocycles. The van der Waals surface area contributed by atoms with Crippen molar-refractivity contribution in [3.05, 3.63) is 64.5 Å². The number of rotatable bonds is 3.